The van der Waals surface area contributed by atoms with Gasteiger partial charge in [-0.3, -0.25) is 4.68 Å². The van der Waals surface area contributed by atoms with Crippen molar-refractivity contribution in [3.8, 4) is 0 Å². The standard InChI is InChI=1S/C17H29N5O3/c1-2-8-18-17(24)19-14-6-5-13(25-16(14)11-23)7-9-22-10-15(20-21-22)12-3-4-12/h10,12-14,16,23H,2-9,11H2,1H3,(H2,18,19,24)/t13-,14+,16-/m1/s1. The summed E-state index contributed by atoms with van der Waals surface area (Å²) >= 11 is 0. The molecule has 0 bridgehead atoms. The van der Waals surface area contributed by atoms with E-state index < -0.39 is 0 Å². The number of ether oxygens (including phenoxy) is 1. The molecule has 3 atom stereocenters. The van der Waals surface area contributed by atoms with Gasteiger partial charge in [-0.2, -0.15) is 0 Å². The molecule has 0 spiro atoms. The summed E-state index contributed by atoms with van der Waals surface area (Å²) in [6.45, 7) is 3.32. The minimum Gasteiger partial charge on any atom is -0.394 e. The number of amides is 2. The van der Waals surface area contributed by atoms with E-state index in [1.54, 1.807) is 0 Å². The second kappa shape index (κ2) is 8.62. The molecule has 3 N–H and O–H groups in total. The number of nitrogens with one attached hydrogen (secondary N) is 2. The zero-order valence-electron chi connectivity index (χ0n) is 14.9. The molecule has 1 aromatic heterocycles. The largest absolute Gasteiger partial charge is 0.394 e. The molecule has 1 saturated heterocycles. The number of nitrogens with zero attached hydrogens (tertiary/aromatic N) is 3. The zero-order valence-corrected chi connectivity index (χ0v) is 14.9. The molecule has 1 saturated carbocycles. The SMILES string of the molecule is CCCNC(=O)N[C@H]1CC[C@H](CCn2cc(C3CC3)nn2)O[C@@H]1CO. The molecule has 25 heavy (non-hydrogen) atoms. The Morgan fingerprint density at radius 1 is 1.40 bits per heavy atom. The smallest absolute Gasteiger partial charge is 0.315 e. The van der Waals surface area contributed by atoms with Crippen LogP contribution in [0.2, 0.25) is 0 Å². The van der Waals surface area contributed by atoms with Gasteiger partial charge in [0.15, 0.2) is 0 Å². The fourth-order valence-electron chi connectivity index (χ4n) is 3.23. The summed E-state index contributed by atoms with van der Waals surface area (Å²) in [5.41, 5.74) is 1.10. The van der Waals surface area contributed by atoms with Crippen LogP contribution in [0.15, 0.2) is 6.20 Å². The van der Waals surface area contributed by atoms with Crippen molar-refractivity contribution in [3.05, 3.63) is 11.9 Å². The number of hydrogen-bond acceptors (Lipinski definition) is 5. The van der Waals surface area contributed by atoms with E-state index in [0.29, 0.717) is 12.5 Å². The number of aliphatic hydroxyl groups is 1. The number of hydrogen-bond donors (Lipinski definition) is 3. The third-order valence-electron chi connectivity index (χ3n) is 4.88. The summed E-state index contributed by atoms with van der Waals surface area (Å²) in [4.78, 5) is 11.8. The first-order chi connectivity index (χ1) is 12.2. The molecule has 3 rings (SSSR count). The molecule has 1 aliphatic heterocycles. The normalized spacial score (nSPS) is 26.4. The van der Waals surface area contributed by atoms with E-state index in [2.05, 4.69) is 20.9 Å². The van der Waals surface area contributed by atoms with E-state index in [9.17, 15) is 9.90 Å². The van der Waals surface area contributed by atoms with E-state index in [4.69, 9.17) is 4.74 Å². The van der Waals surface area contributed by atoms with Gasteiger partial charge in [0.25, 0.3) is 0 Å². The molecule has 0 aromatic carbocycles. The number of carbonyl (C=O) groups excluding carboxylic acids is 1. The summed E-state index contributed by atoms with van der Waals surface area (Å²) in [5.74, 6) is 0.615. The van der Waals surface area contributed by atoms with Crippen LogP contribution in [0, 0.1) is 0 Å². The van der Waals surface area contributed by atoms with Crippen LogP contribution in [0.5, 0.6) is 0 Å². The van der Waals surface area contributed by atoms with Crippen LogP contribution < -0.4 is 10.6 Å². The number of aliphatic hydroxyl groups excluding tert-OH is 1. The van der Waals surface area contributed by atoms with Crippen molar-refractivity contribution in [2.45, 2.75) is 76.2 Å². The quantitative estimate of drug-likeness (QED) is 0.652. The van der Waals surface area contributed by atoms with Crippen molar-refractivity contribution in [2.24, 2.45) is 0 Å². The summed E-state index contributed by atoms with van der Waals surface area (Å²) in [7, 11) is 0. The Kier molecular flexibility index (Phi) is 6.25. The minimum atomic E-state index is -0.358. The average molecular weight is 351 g/mol. The van der Waals surface area contributed by atoms with Crippen LogP contribution in [0.3, 0.4) is 0 Å². The van der Waals surface area contributed by atoms with Gasteiger partial charge >= 0.3 is 6.03 Å². The van der Waals surface area contributed by atoms with Crippen LogP contribution in [0.25, 0.3) is 0 Å². The predicted molar refractivity (Wildman–Crippen MR) is 92.2 cm³/mol. The van der Waals surface area contributed by atoms with Crippen molar-refractivity contribution in [1.29, 1.82) is 0 Å². The van der Waals surface area contributed by atoms with Crippen molar-refractivity contribution in [1.82, 2.24) is 25.6 Å². The highest BCUT2D eigenvalue weighted by Gasteiger charge is 2.32. The Hall–Kier alpha value is -1.67. The Morgan fingerprint density at radius 2 is 2.24 bits per heavy atom. The fourth-order valence-corrected chi connectivity index (χ4v) is 3.23. The Labute approximate surface area is 148 Å². The third-order valence-corrected chi connectivity index (χ3v) is 4.88. The maximum atomic E-state index is 11.8. The Balaban J connectivity index is 1.43. The molecule has 2 fully saturated rings. The fraction of sp³-hybridized carbons (Fsp3) is 0.824. The first-order valence-electron chi connectivity index (χ1n) is 9.40. The van der Waals surface area contributed by atoms with Crippen molar-refractivity contribution >= 4 is 6.03 Å². The molecule has 8 nitrogen and oxygen atoms in total. The lowest BCUT2D eigenvalue weighted by Crippen LogP contribution is -2.53. The van der Waals surface area contributed by atoms with E-state index in [1.807, 2.05) is 17.8 Å². The van der Waals surface area contributed by atoms with Crippen molar-refractivity contribution in [3.63, 3.8) is 0 Å². The van der Waals surface area contributed by atoms with Gasteiger partial charge in [0.05, 0.1) is 24.4 Å². The molecule has 8 heteroatoms. The first kappa shape index (κ1) is 18.1. The van der Waals surface area contributed by atoms with Crippen LogP contribution in [0.1, 0.15) is 57.1 Å². The Morgan fingerprint density at radius 3 is 2.96 bits per heavy atom. The van der Waals surface area contributed by atoms with Crippen molar-refractivity contribution in [2.75, 3.05) is 13.2 Å². The lowest BCUT2D eigenvalue weighted by atomic mass is 9.97. The molecule has 2 heterocycles. The second-order valence-corrected chi connectivity index (χ2v) is 7.03. The molecular formula is C17H29N5O3. The van der Waals surface area contributed by atoms with Gasteiger partial charge in [-0.1, -0.05) is 12.1 Å². The van der Waals surface area contributed by atoms with E-state index in [0.717, 1.165) is 37.9 Å². The Bertz CT molecular complexity index is 560. The van der Waals surface area contributed by atoms with Gasteiger partial charge in [0.2, 0.25) is 0 Å². The molecule has 1 aromatic rings. The first-order valence-corrected chi connectivity index (χ1v) is 9.40. The number of aromatic nitrogens is 3. The monoisotopic (exact) mass is 351 g/mol. The van der Waals surface area contributed by atoms with Gasteiger partial charge in [-0.15, -0.1) is 5.10 Å². The molecule has 1 aliphatic carbocycles. The van der Waals surface area contributed by atoms with Gasteiger partial charge in [0.1, 0.15) is 6.10 Å². The highest BCUT2D eigenvalue weighted by molar-refractivity contribution is 5.74. The lowest BCUT2D eigenvalue weighted by molar-refractivity contribution is -0.0907. The topological polar surface area (TPSA) is 101 Å². The average Bonchev–Trinajstić information content (AvgIpc) is 3.37. The van der Waals surface area contributed by atoms with Crippen LogP contribution in [-0.2, 0) is 11.3 Å². The highest BCUT2D eigenvalue weighted by Crippen LogP contribution is 2.38. The maximum Gasteiger partial charge on any atom is 0.315 e. The molecule has 0 radical (unpaired) electrons. The van der Waals surface area contributed by atoms with Gasteiger partial charge in [-0.25, -0.2) is 4.79 Å². The van der Waals surface area contributed by atoms with E-state index in [1.165, 1.54) is 12.8 Å². The number of aryl methyl sites for hydroxylation is 1. The van der Waals surface area contributed by atoms with Crippen LogP contribution in [-0.4, -0.2) is 57.5 Å². The predicted octanol–water partition coefficient (Wildman–Crippen LogP) is 1.16. The molecule has 2 amide bonds. The lowest BCUT2D eigenvalue weighted by Gasteiger charge is -2.36. The van der Waals surface area contributed by atoms with E-state index >= 15 is 0 Å². The molecular weight excluding hydrogens is 322 g/mol. The maximum absolute atomic E-state index is 11.8. The van der Waals surface area contributed by atoms with Crippen LogP contribution >= 0.6 is 0 Å². The van der Waals surface area contributed by atoms with Gasteiger partial charge < -0.3 is 20.5 Å². The molecule has 0 unspecified atom stereocenters. The summed E-state index contributed by atoms with van der Waals surface area (Å²) in [5, 5.41) is 23.7. The van der Waals surface area contributed by atoms with Gasteiger partial charge in [-0.05, 0) is 38.5 Å². The zero-order chi connectivity index (χ0) is 17.6. The highest BCUT2D eigenvalue weighted by atomic mass is 16.5. The summed E-state index contributed by atoms with van der Waals surface area (Å²) < 4.78 is 7.87. The number of carbonyl (C=O) groups is 1. The second-order valence-electron chi connectivity index (χ2n) is 7.03. The van der Waals surface area contributed by atoms with Crippen molar-refractivity contribution < 1.29 is 14.6 Å². The third kappa shape index (κ3) is 5.15. The van der Waals surface area contributed by atoms with E-state index in [-0.39, 0.29) is 30.9 Å². The molecule has 2 aliphatic rings. The van der Waals surface area contributed by atoms with Gasteiger partial charge in [0, 0.05) is 25.2 Å². The number of urea groups is 1. The number of rotatable bonds is 8. The molecule has 140 valence electrons. The minimum absolute atomic E-state index is 0.0717. The summed E-state index contributed by atoms with van der Waals surface area (Å²) in [6.07, 6.45) is 7.59. The van der Waals surface area contributed by atoms with Crippen LogP contribution in [0.4, 0.5) is 4.79 Å². The summed E-state index contributed by atoms with van der Waals surface area (Å²) in [6, 6.07) is -0.339.